The number of nitrogens with zero attached hydrogens (tertiary/aromatic N) is 1. The molecule has 0 aliphatic heterocycles. The number of rotatable bonds is 42. The van der Waals surface area contributed by atoms with Crippen LogP contribution in [0.2, 0.25) is 0 Å². The predicted octanol–water partition coefficient (Wildman–Crippen LogP) is 11.4. The van der Waals surface area contributed by atoms with Gasteiger partial charge in [-0.3, -0.25) is 9.59 Å². The predicted molar refractivity (Wildman–Crippen MR) is 246 cm³/mol. The molecule has 344 valence electrons. The normalized spacial score (nSPS) is 13.6. The summed E-state index contributed by atoms with van der Waals surface area (Å²) in [6, 6.07) is 0. The van der Waals surface area contributed by atoms with Gasteiger partial charge in [-0.15, -0.1) is 0 Å². The minimum absolute atomic E-state index is 0.121. The van der Waals surface area contributed by atoms with E-state index in [-0.39, 0.29) is 38.6 Å². The van der Waals surface area contributed by atoms with Crippen molar-refractivity contribution in [1.29, 1.82) is 0 Å². The molecule has 0 amide bonds. The zero-order valence-corrected chi connectivity index (χ0v) is 38.8. The summed E-state index contributed by atoms with van der Waals surface area (Å²) < 4.78 is 22.5. The Morgan fingerprint density at radius 2 is 0.950 bits per heavy atom. The monoisotopic (exact) mass is 842 g/mol. The molecule has 2 unspecified atom stereocenters. The van der Waals surface area contributed by atoms with Crippen LogP contribution < -0.4 is 5.11 Å². The third-order valence-electron chi connectivity index (χ3n) is 9.73. The van der Waals surface area contributed by atoms with Gasteiger partial charge >= 0.3 is 11.9 Å². The fourth-order valence-electron chi connectivity index (χ4n) is 6.09. The van der Waals surface area contributed by atoms with Gasteiger partial charge in [-0.1, -0.05) is 183 Å². The van der Waals surface area contributed by atoms with Crippen LogP contribution in [0.15, 0.2) is 72.9 Å². The van der Waals surface area contributed by atoms with Gasteiger partial charge in [0.05, 0.1) is 40.3 Å². The Morgan fingerprint density at radius 3 is 1.38 bits per heavy atom. The van der Waals surface area contributed by atoms with E-state index in [9.17, 15) is 19.5 Å². The molecule has 0 saturated carbocycles. The number of unbranched alkanes of at least 4 members (excludes halogenated alkanes) is 15. The highest BCUT2D eigenvalue weighted by Crippen LogP contribution is 2.15. The van der Waals surface area contributed by atoms with Crippen molar-refractivity contribution < 1.29 is 42.9 Å². The van der Waals surface area contributed by atoms with E-state index in [1.807, 2.05) is 33.3 Å². The molecule has 0 aromatic carbocycles. The molecule has 0 fully saturated rings. The first-order valence-electron chi connectivity index (χ1n) is 23.6. The van der Waals surface area contributed by atoms with E-state index in [2.05, 4.69) is 74.6 Å². The van der Waals surface area contributed by atoms with Gasteiger partial charge in [0.1, 0.15) is 13.2 Å². The Morgan fingerprint density at radius 1 is 0.517 bits per heavy atom. The number of esters is 2. The van der Waals surface area contributed by atoms with Crippen LogP contribution in [0.1, 0.15) is 174 Å². The summed E-state index contributed by atoms with van der Waals surface area (Å²) in [7, 11) is 5.88. The highest BCUT2D eigenvalue weighted by molar-refractivity contribution is 5.70. The highest BCUT2D eigenvalue weighted by atomic mass is 16.7. The molecule has 60 heavy (non-hydrogen) atoms. The molecule has 0 spiro atoms. The quantitative estimate of drug-likeness (QED) is 0.0196. The molecule has 9 heteroatoms. The first-order valence-corrected chi connectivity index (χ1v) is 23.6. The molecule has 0 aromatic heterocycles. The topological polar surface area (TPSA) is 111 Å². The van der Waals surface area contributed by atoms with Crippen molar-refractivity contribution in [2.75, 3.05) is 47.5 Å². The number of aliphatic carboxylic acids is 1. The average molecular weight is 842 g/mol. The molecule has 0 rings (SSSR count). The molecule has 0 aliphatic carbocycles. The highest BCUT2D eigenvalue weighted by Gasteiger charge is 2.21. The summed E-state index contributed by atoms with van der Waals surface area (Å²) in [6.07, 6.45) is 49.5. The molecule has 0 saturated heterocycles. The largest absolute Gasteiger partial charge is 0.545 e. The van der Waals surface area contributed by atoms with Crippen molar-refractivity contribution in [3.63, 3.8) is 0 Å². The van der Waals surface area contributed by atoms with Crippen molar-refractivity contribution in [2.24, 2.45) is 0 Å². The number of ether oxygens (including phenoxy) is 4. The molecule has 0 heterocycles. The first-order chi connectivity index (χ1) is 29.1. The number of carboxylic acid groups (broad SMARTS) is 1. The summed E-state index contributed by atoms with van der Waals surface area (Å²) >= 11 is 0. The summed E-state index contributed by atoms with van der Waals surface area (Å²) in [5, 5.41) is 11.7. The van der Waals surface area contributed by atoms with Gasteiger partial charge in [0.2, 0.25) is 0 Å². The molecule has 0 aromatic rings. The molecular formula is C51H87NO8. The van der Waals surface area contributed by atoms with Crippen LogP contribution in [0.25, 0.3) is 0 Å². The van der Waals surface area contributed by atoms with Crippen molar-refractivity contribution in [3.05, 3.63) is 72.9 Å². The van der Waals surface area contributed by atoms with Crippen molar-refractivity contribution in [2.45, 2.75) is 187 Å². The van der Waals surface area contributed by atoms with Gasteiger partial charge in [-0.2, -0.15) is 0 Å². The Kier molecular flexibility index (Phi) is 40.1. The second kappa shape index (κ2) is 42.4. The first kappa shape index (κ1) is 56.7. The fraction of sp³-hybridized carbons (Fsp3) is 0.706. The second-order valence-corrected chi connectivity index (χ2v) is 16.7. The second-order valence-electron chi connectivity index (χ2n) is 16.7. The fourth-order valence-corrected chi connectivity index (χ4v) is 6.09. The smallest absolute Gasteiger partial charge is 0.306 e. The molecule has 9 nitrogen and oxygen atoms in total. The van der Waals surface area contributed by atoms with E-state index in [0.717, 1.165) is 57.8 Å². The Labute approximate surface area is 367 Å². The van der Waals surface area contributed by atoms with Crippen LogP contribution in [0.4, 0.5) is 0 Å². The van der Waals surface area contributed by atoms with Gasteiger partial charge in [0, 0.05) is 12.8 Å². The maximum absolute atomic E-state index is 12.7. The van der Waals surface area contributed by atoms with E-state index in [1.165, 1.54) is 83.5 Å². The lowest BCUT2D eigenvalue weighted by atomic mass is 10.0. The minimum atomic E-state index is -1.64. The number of hydrogen-bond donors (Lipinski definition) is 0. The molecule has 0 bridgehead atoms. The SMILES string of the molecule is CC/C=C\C/C=C\C/C=C\C/C=C\C/C=C\C/C=C\CCC(=O)OC(COC(=O)CCCCCCCCCCCCCCCCCC)COC(OCC[N+](C)(C)C)C(=O)[O-]. The van der Waals surface area contributed by atoms with Gasteiger partial charge in [-0.25, -0.2) is 0 Å². The zero-order valence-electron chi connectivity index (χ0n) is 38.8. The van der Waals surface area contributed by atoms with Gasteiger partial charge < -0.3 is 33.3 Å². The Balaban J connectivity index is 4.54. The maximum Gasteiger partial charge on any atom is 0.306 e. The van der Waals surface area contributed by atoms with E-state index < -0.39 is 24.3 Å². The van der Waals surface area contributed by atoms with Gasteiger partial charge in [0.25, 0.3) is 0 Å². The number of allylic oxidation sites excluding steroid dienone is 12. The van der Waals surface area contributed by atoms with Crippen LogP contribution in [-0.4, -0.2) is 82.3 Å². The third kappa shape index (κ3) is 42.8. The zero-order chi connectivity index (χ0) is 44.2. The third-order valence-corrected chi connectivity index (χ3v) is 9.73. The van der Waals surface area contributed by atoms with Crippen molar-refractivity contribution in [3.8, 4) is 0 Å². The van der Waals surface area contributed by atoms with E-state index in [0.29, 0.717) is 17.4 Å². The van der Waals surface area contributed by atoms with Crippen LogP contribution in [0, 0.1) is 0 Å². The minimum Gasteiger partial charge on any atom is -0.545 e. The van der Waals surface area contributed by atoms with Crippen molar-refractivity contribution in [1.82, 2.24) is 0 Å². The standard InChI is InChI=1S/C51H87NO8/c1-6-8-10-12-14-16-18-20-22-24-25-26-28-30-32-34-36-38-40-42-49(54)60-47(46-59-51(50(55)56)57-44-43-52(3,4)5)45-58-48(53)41-39-37-35-33-31-29-27-23-21-19-17-15-13-11-9-7-2/h8,10,14,16,20,22,25-26,30,32,36,38,47,51H,6-7,9,11-13,15,17-19,21,23-24,27-29,31,33-35,37,39-46H2,1-5H3/b10-8-,16-14-,22-20-,26-25-,32-30-,38-36-. The molecule has 2 atom stereocenters. The lowest BCUT2D eigenvalue weighted by molar-refractivity contribution is -0.870. The molecule has 0 aliphatic rings. The number of quaternary nitrogens is 1. The lowest BCUT2D eigenvalue weighted by Gasteiger charge is -2.26. The molecule has 0 radical (unpaired) electrons. The van der Waals surface area contributed by atoms with Crippen LogP contribution in [0.5, 0.6) is 0 Å². The number of carboxylic acids is 1. The average Bonchev–Trinajstić information content (AvgIpc) is 3.21. The number of carbonyl (C=O) groups excluding carboxylic acids is 3. The Hall–Kier alpha value is -3.27. The number of likely N-dealkylation sites (N-methyl/N-ethyl adjacent to an activating group) is 1. The summed E-state index contributed by atoms with van der Waals surface area (Å²) in [6.45, 7) is 4.53. The van der Waals surface area contributed by atoms with E-state index in [1.54, 1.807) is 0 Å². The summed E-state index contributed by atoms with van der Waals surface area (Å²) in [4.78, 5) is 37.0. The van der Waals surface area contributed by atoms with Crippen molar-refractivity contribution >= 4 is 17.9 Å². The Bertz CT molecular complexity index is 1210. The maximum atomic E-state index is 12.7. The van der Waals surface area contributed by atoms with Crippen LogP contribution in [-0.2, 0) is 33.3 Å². The molecular weight excluding hydrogens is 755 g/mol. The number of hydrogen-bond acceptors (Lipinski definition) is 8. The van der Waals surface area contributed by atoms with Gasteiger partial charge in [-0.05, 0) is 51.4 Å². The van der Waals surface area contributed by atoms with Gasteiger partial charge in [0.15, 0.2) is 12.4 Å². The van der Waals surface area contributed by atoms with E-state index in [4.69, 9.17) is 18.9 Å². The number of carbonyl (C=O) groups is 3. The molecule has 0 N–H and O–H groups in total. The van der Waals surface area contributed by atoms with Crippen LogP contribution >= 0.6 is 0 Å². The van der Waals surface area contributed by atoms with E-state index >= 15 is 0 Å². The summed E-state index contributed by atoms with van der Waals surface area (Å²) in [5.74, 6) is -2.40. The lowest BCUT2D eigenvalue weighted by Crippen LogP contribution is -2.44. The van der Waals surface area contributed by atoms with Crippen LogP contribution in [0.3, 0.4) is 0 Å². The summed E-state index contributed by atoms with van der Waals surface area (Å²) in [5.41, 5.74) is 0.